The zero-order valence-corrected chi connectivity index (χ0v) is 18.1. The van der Waals surface area contributed by atoms with Crippen molar-refractivity contribution in [3.8, 4) is 5.75 Å². The van der Waals surface area contributed by atoms with Gasteiger partial charge in [0.05, 0.1) is 0 Å². The van der Waals surface area contributed by atoms with Crippen molar-refractivity contribution in [3.05, 3.63) is 114 Å². The molecule has 0 bridgehead atoms. The third kappa shape index (κ3) is 4.57. The lowest BCUT2D eigenvalue weighted by Gasteiger charge is -2.20. The topological polar surface area (TPSA) is 26.3 Å². The fraction of sp³-hybridized carbons (Fsp3) is 0.154. The fourth-order valence-electron chi connectivity index (χ4n) is 3.36. The highest BCUT2D eigenvalue weighted by Gasteiger charge is 2.36. The van der Waals surface area contributed by atoms with Crippen molar-refractivity contribution in [1.82, 2.24) is 0 Å². The lowest BCUT2D eigenvalue weighted by Crippen LogP contribution is -2.20. The Kier molecular flexibility index (Phi) is 6.49. The largest absolute Gasteiger partial charge is 0.486 e. The Morgan fingerprint density at radius 3 is 1.79 bits per heavy atom. The highest BCUT2D eigenvalue weighted by molar-refractivity contribution is 7.82. The lowest BCUT2D eigenvalue weighted by atomic mass is 10.1. The van der Waals surface area contributed by atoms with E-state index in [0.717, 1.165) is 33.1 Å². The average molecular weight is 401 g/mol. The van der Waals surface area contributed by atoms with E-state index in [1.165, 1.54) is 0 Å². The maximum Gasteiger partial charge on any atom is 0.198 e. The summed E-state index contributed by atoms with van der Waals surface area (Å²) in [5.41, 5.74) is 6.08. The van der Waals surface area contributed by atoms with Crippen molar-refractivity contribution < 1.29 is 9.30 Å². The molecule has 0 spiro atoms. The minimum atomic E-state index is -3.14. The van der Waals surface area contributed by atoms with E-state index in [2.05, 4.69) is 12.7 Å². The molecule has 0 amide bonds. The van der Waals surface area contributed by atoms with Crippen LogP contribution in [0.15, 0.2) is 95.5 Å². The van der Waals surface area contributed by atoms with Gasteiger partial charge in [0.1, 0.15) is 18.1 Å². The van der Waals surface area contributed by atoms with Gasteiger partial charge in [0.15, 0.2) is 18.0 Å². The molecule has 3 rings (SSSR count). The van der Waals surface area contributed by atoms with E-state index in [0.29, 0.717) is 5.31 Å². The van der Waals surface area contributed by atoms with Gasteiger partial charge in [-0.25, -0.2) is 0 Å². The minimum Gasteiger partial charge on any atom is -0.486 e. The van der Waals surface area contributed by atoms with Crippen molar-refractivity contribution in [2.45, 2.75) is 20.8 Å². The number of hydrogen-bond acceptors (Lipinski definition) is 2. The third-order valence-electron chi connectivity index (χ3n) is 4.74. The minimum absolute atomic E-state index is 0.180. The van der Waals surface area contributed by atoms with Gasteiger partial charge in [-0.2, -0.15) is 0 Å². The number of para-hydroxylation sites is 1. The van der Waals surface area contributed by atoms with Crippen molar-refractivity contribution in [2.24, 2.45) is 0 Å². The van der Waals surface area contributed by atoms with Crippen LogP contribution in [0, 0.1) is 20.8 Å². The highest BCUT2D eigenvalue weighted by atomic mass is 31.2. The summed E-state index contributed by atoms with van der Waals surface area (Å²) in [6.45, 7) is 10.0. The van der Waals surface area contributed by atoms with Crippen LogP contribution in [-0.4, -0.2) is 6.61 Å². The normalized spacial score (nSPS) is 10.9. The molecule has 2 nitrogen and oxygen atoms in total. The second-order valence-corrected chi connectivity index (χ2v) is 9.93. The van der Waals surface area contributed by atoms with Crippen LogP contribution in [-0.2, 0) is 4.57 Å². The average Bonchev–Trinajstić information content (AvgIpc) is 2.73. The van der Waals surface area contributed by atoms with Crippen LogP contribution < -0.4 is 15.3 Å². The molecule has 0 aliphatic rings. The second-order valence-electron chi connectivity index (χ2n) is 7.14. The van der Waals surface area contributed by atoms with Crippen LogP contribution in [0.5, 0.6) is 5.75 Å². The first kappa shape index (κ1) is 20.8. The Bertz CT molecular complexity index is 1020. The van der Waals surface area contributed by atoms with Crippen molar-refractivity contribution in [1.29, 1.82) is 0 Å². The quantitative estimate of drug-likeness (QED) is 0.289. The molecule has 3 aromatic rings. The number of ether oxygens (including phenoxy) is 1. The van der Waals surface area contributed by atoms with Crippen LogP contribution in [0.4, 0.5) is 0 Å². The first-order valence-electron chi connectivity index (χ1n) is 9.62. The van der Waals surface area contributed by atoms with Crippen LogP contribution in [0.2, 0.25) is 0 Å². The van der Waals surface area contributed by atoms with E-state index in [4.69, 9.17) is 4.74 Å². The van der Waals surface area contributed by atoms with Gasteiger partial charge >= 0.3 is 0 Å². The molecule has 0 aliphatic carbocycles. The lowest BCUT2D eigenvalue weighted by molar-refractivity contribution is 0.353. The van der Waals surface area contributed by atoms with Gasteiger partial charge in [-0.05, 0) is 25.0 Å². The zero-order valence-electron chi connectivity index (χ0n) is 17.2. The Hall–Kier alpha value is -2.92. The zero-order chi connectivity index (χ0) is 20.9. The van der Waals surface area contributed by atoms with Gasteiger partial charge in [-0.3, -0.25) is 0 Å². The summed E-state index contributed by atoms with van der Waals surface area (Å²) >= 11 is 0. The van der Waals surface area contributed by atoms with Crippen LogP contribution >= 0.6 is 7.14 Å². The molecule has 0 fully saturated rings. The predicted octanol–water partition coefficient (Wildman–Crippen LogP) is 5.96. The first-order valence-corrected chi connectivity index (χ1v) is 11.3. The Labute approximate surface area is 173 Å². The van der Waals surface area contributed by atoms with E-state index < -0.39 is 7.14 Å². The first-order chi connectivity index (χ1) is 13.9. The van der Waals surface area contributed by atoms with Crippen LogP contribution in [0.25, 0.3) is 0 Å². The molecule has 0 heterocycles. The van der Waals surface area contributed by atoms with Gasteiger partial charge in [-0.1, -0.05) is 78.9 Å². The molecule has 0 atom stereocenters. The van der Waals surface area contributed by atoms with E-state index in [1.54, 1.807) is 0 Å². The molecule has 0 unspecified atom stereocenters. The molecule has 29 heavy (non-hydrogen) atoms. The number of benzene rings is 3. The monoisotopic (exact) mass is 401 g/mol. The number of hydrogen-bond donors (Lipinski definition) is 0. The molecule has 3 aromatic carbocycles. The third-order valence-corrected chi connectivity index (χ3v) is 7.79. The Morgan fingerprint density at radius 2 is 1.34 bits per heavy atom. The molecule has 0 aromatic heterocycles. The smallest absolute Gasteiger partial charge is 0.198 e. The highest BCUT2D eigenvalue weighted by Crippen LogP contribution is 2.51. The molecule has 3 heteroatoms. The summed E-state index contributed by atoms with van der Waals surface area (Å²) in [4.78, 5) is 0. The standard InChI is InChI=1S/C26H26O2P/c1-20(2)18-25(19-28-26-21(3)12-11-13-22(26)4)29(27,23-14-7-5-8-15-23)24-16-9-6-10-17-24/h5-17H,1,19H2,2-4H3/q+1. The molecule has 0 N–H and O–H groups in total. The maximum absolute atomic E-state index is 14.6. The number of rotatable bonds is 6. The van der Waals surface area contributed by atoms with Gasteiger partial charge in [0.2, 0.25) is 0 Å². The summed E-state index contributed by atoms with van der Waals surface area (Å²) in [5.74, 6) is 0.821. The molecule has 0 saturated heterocycles. The summed E-state index contributed by atoms with van der Waals surface area (Å²) in [6.07, 6.45) is 0. The molecule has 146 valence electrons. The van der Waals surface area contributed by atoms with Gasteiger partial charge < -0.3 is 9.30 Å². The molecule has 0 saturated carbocycles. The van der Waals surface area contributed by atoms with Gasteiger partial charge in [0, 0.05) is 24.5 Å². The summed E-state index contributed by atoms with van der Waals surface area (Å²) in [6, 6.07) is 25.2. The van der Waals surface area contributed by atoms with Gasteiger partial charge in [-0.15, -0.1) is 0 Å². The number of aryl methyl sites for hydroxylation is 2. The second kappa shape index (κ2) is 9.05. The van der Waals surface area contributed by atoms with E-state index in [1.807, 2.05) is 99.6 Å². The van der Waals surface area contributed by atoms with Gasteiger partial charge in [0.25, 0.3) is 0 Å². The predicted molar refractivity (Wildman–Crippen MR) is 123 cm³/mol. The van der Waals surface area contributed by atoms with E-state index in [9.17, 15) is 4.57 Å². The van der Waals surface area contributed by atoms with Crippen molar-refractivity contribution in [2.75, 3.05) is 6.61 Å². The van der Waals surface area contributed by atoms with Crippen LogP contribution in [0.3, 0.4) is 0 Å². The summed E-state index contributed by atoms with van der Waals surface area (Å²) in [5, 5.41) is 2.14. The SMILES string of the molecule is [CH2+]C(C)=C=C(COc1c(C)cccc1C)P(=O)(c1ccccc1)c1ccccc1. The summed E-state index contributed by atoms with van der Waals surface area (Å²) in [7, 11) is -3.14. The molecular formula is C26H26O2P+. The van der Waals surface area contributed by atoms with E-state index in [-0.39, 0.29) is 6.61 Å². The fourth-order valence-corrected chi connectivity index (χ4v) is 6.06. The molecular weight excluding hydrogens is 375 g/mol. The van der Waals surface area contributed by atoms with Crippen molar-refractivity contribution in [3.63, 3.8) is 0 Å². The Morgan fingerprint density at radius 1 is 0.862 bits per heavy atom. The van der Waals surface area contributed by atoms with E-state index >= 15 is 0 Å². The van der Waals surface area contributed by atoms with Crippen LogP contribution in [0.1, 0.15) is 18.1 Å². The summed E-state index contributed by atoms with van der Waals surface area (Å²) < 4.78 is 20.8. The maximum atomic E-state index is 14.6. The van der Waals surface area contributed by atoms with Crippen molar-refractivity contribution >= 4 is 17.8 Å². The Balaban J connectivity index is 2.14. The molecule has 0 aliphatic heterocycles. The molecule has 0 radical (unpaired) electrons.